The molecule has 0 unspecified atom stereocenters. The van der Waals surface area contributed by atoms with Crippen molar-refractivity contribution in [3.8, 4) is 0 Å². The topological polar surface area (TPSA) is 58.8 Å². The molecule has 2 atom stereocenters. The Balaban J connectivity index is 1.50. The van der Waals surface area contributed by atoms with E-state index in [0.717, 1.165) is 18.7 Å². The van der Waals surface area contributed by atoms with Gasteiger partial charge >= 0.3 is 0 Å². The molecule has 4 rings (SSSR count). The van der Waals surface area contributed by atoms with E-state index >= 15 is 0 Å². The lowest BCUT2D eigenvalue weighted by Crippen LogP contribution is -2.53. The number of hydrogen-bond donors (Lipinski definition) is 0. The molecule has 27 heavy (non-hydrogen) atoms. The third kappa shape index (κ3) is 3.69. The minimum Gasteiger partial charge on any atom is -0.379 e. The van der Waals surface area contributed by atoms with Crippen molar-refractivity contribution in [3.05, 3.63) is 47.6 Å². The van der Waals surface area contributed by atoms with Crippen LogP contribution in [0.25, 0.3) is 0 Å². The number of ether oxygens (including phenoxy) is 1. The van der Waals surface area contributed by atoms with Crippen molar-refractivity contribution in [1.29, 1.82) is 0 Å². The summed E-state index contributed by atoms with van der Waals surface area (Å²) in [7, 11) is 0. The second kappa shape index (κ2) is 7.68. The van der Waals surface area contributed by atoms with Crippen molar-refractivity contribution in [3.63, 3.8) is 0 Å². The van der Waals surface area contributed by atoms with E-state index in [2.05, 4.69) is 10.1 Å². The van der Waals surface area contributed by atoms with Gasteiger partial charge in [-0.25, -0.2) is 4.39 Å². The molecule has 2 saturated heterocycles. The Kier molecular flexibility index (Phi) is 5.11. The molecule has 2 aliphatic heterocycles. The lowest BCUT2D eigenvalue weighted by molar-refractivity contribution is 0.0512. The van der Waals surface area contributed by atoms with Crippen molar-refractivity contribution < 1.29 is 18.4 Å². The van der Waals surface area contributed by atoms with Gasteiger partial charge in [-0.2, -0.15) is 0 Å². The molecule has 3 heterocycles. The Morgan fingerprint density at radius 3 is 2.85 bits per heavy atom. The van der Waals surface area contributed by atoms with Crippen molar-refractivity contribution in [1.82, 2.24) is 10.1 Å². The van der Waals surface area contributed by atoms with E-state index < -0.39 is 0 Å². The average molecular weight is 373 g/mol. The first kappa shape index (κ1) is 18.0. The Labute approximate surface area is 157 Å². The monoisotopic (exact) mass is 373 g/mol. The second-order valence-corrected chi connectivity index (χ2v) is 7.14. The molecule has 1 aromatic heterocycles. The van der Waals surface area contributed by atoms with Crippen LogP contribution in [0.2, 0.25) is 0 Å². The van der Waals surface area contributed by atoms with Gasteiger partial charge in [-0.05, 0) is 30.7 Å². The third-order valence-corrected chi connectivity index (χ3v) is 5.47. The molecular weight excluding hydrogens is 349 g/mol. The van der Waals surface area contributed by atoms with Gasteiger partial charge in [0.15, 0.2) is 5.69 Å². The van der Waals surface area contributed by atoms with Gasteiger partial charge in [0.1, 0.15) is 11.6 Å². The number of likely N-dealkylation sites (tertiary alicyclic amines) is 1. The number of fused-ring (bicyclic) bond motifs is 1. The Morgan fingerprint density at radius 2 is 2.11 bits per heavy atom. The number of aryl methyl sites for hydroxylation is 1. The van der Waals surface area contributed by atoms with Gasteiger partial charge in [0.25, 0.3) is 5.91 Å². The van der Waals surface area contributed by atoms with Gasteiger partial charge in [-0.1, -0.05) is 12.1 Å². The summed E-state index contributed by atoms with van der Waals surface area (Å²) in [6.07, 6.45) is 1.56. The first-order valence-electron chi connectivity index (χ1n) is 9.50. The molecule has 2 aromatic rings. The number of hydrogen-bond acceptors (Lipinski definition) is 5. The van der Waals surface area contributed by atoms with E-state index in [1.54, 1.807) is 6.07 Å². The first-order valence-corrected chi connectivity index (χ1v) is 9.50. The number of rotatable bonds is 3. The number of piperidine rings is 1. The van der Waals surface area contributed by atoms with Crippen LogP contribution in [0, 0.1) is 11.7 Å². The summed E-state index contributed by atoms with van der Waals surface area (Å²) in [4.78, 5) is 16.9. The largest absolute Gasteiger partial charge is 0.379 e. The molecule has 144 valence electrons. The summed E-state index contributed by atoms with van der Waals surface area (Å²) in [6.45, 7) is 5.26. The van der Waals surface area contributed by atoms with Crippen LogP contribution in [0.5, 0.6) is 0 Å². The highest BCUT2D eigenvalue weighted by Gasteiger charge is 2.37. The molecule has 2 fully saturated rings. The summed E-state index contributed by atoms with van der Waals surface area (Å²) >= 11 is 0. The fourth-order valence-electron chi connectivity index (χ4n) is 4.04. The van der Waals surface area contributed by atoms with E-state index in [0.29, 0.717) is 44.2 Å². The molecule has 0 aliphatic carbocycles. The fraction of sp³-hybridized carbons (Fsp3) is 0.500. The Bertz CT molecular complexity index is 792. The zero-order valence-corrected chi connectivity index (χ0v) is 15.4. The first-order chi connectivity index (χ1) is 13.2. The standard InChI is InChI=1S/C20H24FN3O3/c1-2-17-11-18(22-27-17)20(25)23-8-7-19-14(12-23)13-26-10-9-24(19)16-5-3-15(21)4-6-16/h3-6,11,14,19H,2,7-10,12-13H2,1H3/t14-,19+/m1/s1. The van der Waals surface area contributed by atoms with Crippen LogP contribution in [0.3, 0.4) is 0 Å². The summed E-state index contributed by atoms with van der Waals surface area (Å²) in [5, 5.41) is 3.91. The number of benzene rings is 1. The van der Waals surface area contributed by atoms with Gasteiger partial charge in [-0.15, -0.1) is 0 Å². The summed E-state index contributed by atoms with van der Waals surface area (Å²) in [6, 6.07) is 8.61. The number of carbonyl (C=O) groups is 1. The lowest BCUT2D eigenvalue weighted by Gasteiger charge is -2.42. The van der Waals surface area contributed by atoms with Gasteiger partial charge < -0.3 is 19.1 Å². The minimum absolute atomic E-state index is 0.0884. The Hall–Kier alpha value is -2.41. The van der Waals surface area contributed by atoms with Gasteiger partial charge in [0.05, 0.1) is 13.2 Å². The average Bonchev–Trinajstić information content (AvgIpc) is 3.08. The van der Waals surface area contributed by atoms with E-state index in [9.17, 15) is 9.18 Å². The molecule has 0 spiro atoms. The van der Waals surface area contributed by atoms with Crippen LogP contribution in [0.15, 0.2) is 34.9 Å². The smallest absolute Gasteiger partial charge is 0.276 e. The molecule has 1 amide bonds. The van der Waals surface area contributed by atoms with Crippen molar-refractivity contribution in [2.75, 3.05) is 37.7 Å². The van der Waals surface area contributed by atoms with Gasteiger partial charge in [0, 0.05) is 49.8 Å². The number of amides is 1. The Morgan fingerprint density at radius 1 is 1.30 bits per heavy atom. The van der Waals surface area contributed by atoms with Crippen LogP contribution in [0.1, 0.15) is 29.6 Å². The molecule has 7 heteroatoms. The zero-order chi connectivity index (χ0) is 18.8. The van der Waals surface area contributed by atoms with Crippen LogP contribution >= 0.6 is 0 Å². The maximum absolute atomic E-state index is 13.3. The third-order valence-electron chi connectivity index (χ3n) is 5.47. The highest BCUT2D eigenvalue weighted by molar-refractivity contribution is 5.92. The maximum Gasteiger partial charge on any atom is 0.276 e. The van der Waals surface area contributed by atoms with Crippen LogP contribution in [0.4, 0.5) is 10.1 Å². The normalized spacial score (nSPS) is 23.0. The van der Waals surface area contributed by atoms with Crippen molar-refractivity contribution in [2.45, 2.75) is 25.8 Å². The minimum atomic E-state index is -0.235. The summed E-state index contributed by atoms with van der Waals surface area (Å²) in [5.41, 5.74) is 1.37. The van der Waals surface area contributed by atoms with E-state index in [1.807, 2.05) is 24.0 Å². The molecule has 0 radical (unpaired) electrons. The van der Waals surface area contributed by atoms with E-state index in [-0.39, 0.29) is 23.7 Å². The van der Waals surface area contributed by atoms with Crippen LogP contribution in [-0.4, -0.2) is 54.9 Å². The zero-order valence-electron chi connectivity index (χ0n) is 15.4. The number of anilines is 1. The molecule has 0 N–H and O–H groups in total. The van der Waals surface area contributed by atoms with Crippen LogP contribution < -0.4 is 4.90 Å². The molecule has 0 saturated carbocycles. The number of halogens is 1. The summed E-state index contributed by atoms with van der Waals surface area (Å²) in [5.74, 6) is 0.594. The number of carbonyl (C=O) groups excluding carboxylic acids is 1. The quantitative estimate of drug-likeness (QED) is 0.828. The second-order valence-electron chi connectivity index (χ2n) is 7.14. The molecular formula is C20H24FN3O3. The van der Waals surface area contributed by atoms with E-state index in [4.69, 9.17) is 9.26 Å². The van der Waals surface area contributed by atoms with Crippen molar-refractivity contribution >= 4 is 11.6 Å². The molecule has 6 nitrogen and oxygen atoms in total. The lowest BCUT2D eigenvalue weighted by atomic mass is 9.91. The molecule has 1 aromatic carbocycles. The van der Waals surface area contributed by atoms with Crippen LogP contribution in [-0.2, 0) is 11.2 Å². The SMILES string of the molecule is CCc1cc(C(=O)N2CC[C@H]3[C@@H](COCCN3c3ccc(F)cc3)C2)no1. The van der Waals surface area contributed by atoms with Crippen molar-refractivity contribution in [2.24, 2.45) is 5.92 Å². The summed E-state index contributed by atoms with van der Waals surface area (Å²) < 4.78 is 24.3. The highest BCUT2D eigenvalue weighted by atomic mass is 19.1. The maximum atomic E-state index is 13.3. The van der Waals surface area contributed by atoms with E-state index in [1.165, 1.54) is 12.1 Å². The molecule has 2 aliphatic rings. The fourth-order valence-corrected chi connectivity index (χ4v) is 4.04. The molecule has 0 bridgehead atoms. The van der Waals surface area contributed by atoms with Gasteiger partial charge in [-0.3, -0.25) is 4.79 Å². The predicted octanol–water partition coefficient (Wildman–Crippen LogP) is 2.74. The van der Waals surface area contributed by atoms with Gasteiger partial charge in [0.2, 0.25) is 0 Å². The predicted molar refractivity (Wildman–Crippen MR) is 98.2 cm³/mol. The number of nitrogens with zero attached hydrogens (tertiary/aromatic N) is 3. The highest BCUT2D eigenvalue weighted by Crippen LogP contribution is 2.30. The number of aromatic nitrogens is 1.